The smallest absolute Gasteiger partial charge is 0.343 e. The number of carbonyl (C=O) groups is 2. The van der Waals surface area contributed by atoms with Gasteiger partial charge < -0.3 is 9.84 Å². The average molecular weight is 349 g/mol. The van der Waals surface area contributed by atoms with Crippen LogP contribution in [0.2, 0.25) is 0 Å². The highest BCUT2D eigenvalue weighted by Crippen LogP contribution is 2.26. The van der Waals surface area contributed by atoms with Crippen LogP contribution in [-0.4, -0.2) is 17.0 Å². The molecule has 0 aliphatic rings. The topological polar surface area (TPSA) is 63.6 Å². The summed E-state index contributed by atoms with van der Waals surface area (Å²) in [4.78, 5) is 23.1. The zero-order chi connectivity index (χ0) is 15.6. The Labute approximate surface area is 130 Å². The minimum Gasteiger partial charge on any atom is -0.478 e. The van der Waals surface area contributed by atoms with Crippen molar-refractivity contribution in [3.05, 3.63) is 63.1 Å². The Morgan fingerprint density at radius 3 is 2.19 bits per heavy atom. The van der Waals surface area contributed by atoms with Crippen molar-refractivity contribution in [2.75, 3.05) is 0 Å². The second-order valence-corrected chi connectivity index (χ2v) is 5.56. The van der Waals surface area contributed by atoms with Crippen LogP contribution in [0.15, 0.2) is 40.9 Å². The second kappa shape index (κ2) is 6.10. The predicted molar refractivity (Wildman–Crippen MR) is 82.0 cm³/mol. The monoisotopic (exact) mass is 348 g/mol. The van der Waals surface area contributed by atoms with E-state index < -0.39 is 11.9 Å². The van der Waals surface area contributed by atoms with Crippen molar-refractivity contribution in [3.8, 4) is 5.75 Å². The maximum Gasteiger partial charge on any atom is 0.343 e. The quantitative estimate of drug-likeness (QED) is 0.672. The molecule has 0 aliphatic heterocycles. The molecule has 4 nitrogen and oxygen atoms in total. The molecule has 108 valence electrons. The fourth-order valence-electron chi connectivity index (χ4n) is 2.00. The number of ether oxygens (including phenoxy) is 1. The van der Waals surface area contributed by atoms with Crippen molar-refractivity contribution in [2.45, 2.75) is 13.8 Å². The largest absolute Gasteiger partial charge is 0.478 e. The number of halogens is 1. The molecule has 0 atom stereocenters. The molecular weight excluding hydrogens is 336 g/mol. The van der Waals surface area contributed by atoms with Crippen molar-refractivity contribution in [1.29, 1.82) is 0 Å². The molecule has 0 heterocycles. The molecule has 0 saturated heterocycles. The fraction of sp³-hybridized carbons (Fsp3) is 0.125. The predicted octanol–water partition coefficient (Wildman–Crippen LogP) is 3.98. The first-order chi connectivity index (χ1) is 9.88. The van der Waals surface area contributed by atoms with E-state index in [9.17, 15) is 9.59 Å². The maximum absolute atomic E-state index is 12.1. The van der Waals surface area contributed by atoms with Gasteiger partial charge in [0.05, 0.1) is 11.1 Å². The van der Waals surface area contributed by atoms with Gasteiger partial charge in [-0.25, -0.2) is 9.59 Å². The van der Waals surface area contributed by atoms with Crippen molar-refractivity contribution in [2.24, 2.45) is 0 Å². The van der Waals surface area contributed by atoms with Gasteiger partial charge in [0.25, 0.3) is 0 Å². The third kappa shape index (κ3) is 3.49. The van der Waals surface area contributed by atoms with Crippen LogP contribution < -0.4 is 4.74 Å². The molecule has 0 aliphatic carbocycles. The van der Waals surface area contributed by atoms with Gasteiger partial charge in [-0.05, 0) is 55.3 Å². The highest BCUT2D eigenvalue weighted by molar-refractivity contribution is 9.10. The van der Waals surface area contributed by atoms with E-state index in [0.29, 0.717) is 22.4 Å². The minimum absolute atomic E-state index is 0.173. The molecular formula is C16H13BrO4. The van der Waals surface area contributed by atoms with Crippen molar-refractivity contribution in [1.82, 2.24) is 0 Å². The highest BCUT2D eigenvalue weighted by Gasteiger charge is 2.15. The van der Waals surface area contributed by atoms with E-state index in [-0.39, 0.29) is 5.56 Å². The Balaban J connectivity index is 2.32. The second-order valence-electron chi connectivity index (χ2n) is 4.64. The highest BCUT2D eigenvalue weighted by atomic mass is 79.9. The number of carbonyl (C=O) groups excluding carboxylic acids is 1. The lowest BCUT2D eigenvalue weighted by Gasteiger charge is -2.11. The van der Waals surface area contributed by atoms with Crippen molar-refractivity contribution < 1.29 is 19.4 Å². The van der Waals surface area contributed by atoms with Gasteiger partial charge in [-0.2, -0.15) is 0 Å². The summed E-state index contributed by atoms with van der Waals surface area (Å²) in [6.45, 7) is 3.42. The lowest BCUT2D eigenvalue weighted by molar-refractivity contribution is 0.0696. The van der Waals surface area contributed by atoms with Crippen LogP contribution in [0.4, 0.5) is 0 Å². The first kappa shape index (κ1) is 15.3. The van der Waals surface area contributed by atoms with Gasteiger partial charge in [0.2, 0.25) is 0 Å². The van der Waals surface area contributed by atoms with Crippen LogP contribution >= 0.6 is 15.9 Å². The fourth-order valence-corrected chi connectivity index (χ4v) is 2.40. The van der Waals surface area contributed by atoms with Gasteiger partial charge in [0.15, 0.2) is 0 Å². The number of hydrogen-bond acceptors (Lipinski definition) is 3. The molecule has 0 unspecified atom stereocenters. The third-order valence-electron chi connectivity index (χ3n) is 2.96. The summed E-state index contributed by atoms with van der Waals surface area (Å²) in [5.41, 5.74) is 1.81. The summed E-state index contributed by atoms with van der Waals surface area (Å²) in [6.07, 6.45) is 0. The molecule has 0 amide bonds. The summed E-state index contributed by atoms with van der Waals surface area (Å²) in [5, 5.41) is 9.00. The van der Waals surface area contributed by atoms with E-state index in [0.717, 1.165) is 4.47 Å². The first-order valence-corrected chi connectivity index (χ1v) is 7.00. The van der Waals surface area contributed by atoms with Crippen LogP contribution in [0.3, 0.4) is 0 Å². The number of rotatable bonds is 3. The molecule has 2 aromatic carbocycles. The number of aromatic carboxylic acids is 1. The number of carboxylic acid groups (broad SMARTS) is 1. The standard InChI is InChI=1S/C16H13BrO4/c1-9-6-12(15(18)19)7-10(2)14(9)21-16(20)11-4-3-5-13(17)8-11/h3-8H,1-2H3,(H,18,19). The third-order valence-corrected chi connectivity index (χ3v) is 3.46. The lowest BCUT2D eigenvalue weighted by Crippen LogP contribution is -2.11. The SMILES string of the molecule is Cc1cc(C(=O)O)cc(C)c1OC(=O)c1cccc(Br)c1. The van der Waals surface area contributed by atoms with Gasteiger partial charge in [0, 0.05) is 4.47 Å². The summed E-state index contributed by atoms with van der Waals surface area (Å²) < 4.78 is 6.18. The Morgan fingerprint density at radius 1 is 1.05 bits per heavy atom. The Bertz CT molecular complexity index is 699. The van der Waals surface area contributed by atoms with Gasteiger partial charge >= 0.3 is 11.9 Å². The van der Waals surface area contributed by atoms with E-state index in [4.69, 9.17) is 9.84 Å². The number of benzene rings is 2. The lowest BCUT2D eigenvalue weighted by atomic mass is 10.1. The molecule has 0 aromatic heterocycles. The van der Waals surface area contributed by atoms with E-state index >= 15 is 0 Å². The first-order valence-electron chi connectivity index (χ1n) is 6.21. The molecule has 2 aromatic rings. The van der Waals surface area contributed by atoms with Gasteiger partial charge in [-0.1, -0.05) is 22.0 Å². The van der Waals surface area contributed by atoms with Crippen LogP contribution in [0, 0.1) is 13.8 Å². The molecule has 0 radical (unpaired) electrons. The number of hydrogen-bond donors (Lipinski definition) is 1. The number of esters is 1. The number of aryl methyl sites for hydroxylation is 2. The molecule has 1 N–H and O–H groups in total. The molecule has 21 heavy (non-hydrogen) atoms. The van der Waals surface area contributed by atoms with Crippen molar-refractivity contribution >= 4 is 27.9 Å². The van der Waals surface area contributed by atoms with Gasteiger partial charge in [0.1, 0.15) is 5.75 Å². The van der Waals surface area contributed by atoms with Crippen LogP contribution in [0.1, 0.15) is 31.8 Å². The molecule has 5 heteroatoms. The minimum atomic E-state index is -1.01. The summed E-state index contributed by atoms with van der Waals surface area (Å²) in [5.74, 6) is -1.10. The Kier molecular flexibility index (Phi) is 4.43. The van der Waals surface area contributed by atoms with Gasteiger partial charge in [-0.3, -0.25) is 0 Å². The van der Waals surface area contributed by atoms with Crippen molar-refractivity contribution in [3.63, 3.8) is 0 Å². The van der Waals surface area contributed by atoms with E-state index in [1.807, 2.05) is 6.07 Å². The average Bonchev–Trinajstić information content (AvgIpc) is 2.42. The molecule has 0 spiro atoms. The summed E-state index contributed by atoms with van der Waals surface area (Å²) >= 11 is 3.30. The molecule has 0 fully saturated rings. The van der Waals surface area contributed by atoms with Gasteiger partial charge in [-0.15, -0.1) is 0 Å². The molecule has 2 rings (SSSR count). The molecule has 0 bridgehead atoms. The van der Waals surface area contributed by atoms with Crippen LogP contribution in [-0.2, 0) is 0 Å². The normalized spacial score (nSPS) is 10.2. The van der Waals surface area contributed by atoms with E-state index in [2.05, 4.69) is 15.9 Å². The van der Waals surface area contributed by atoms with Crippen LogP contribution in [0.5, 0.6) is 5.75 Å². The zero-order valence-electron chi connectivity index (χ0n) is 11.5. The van der Waals surface area contributed by atoms with E-state index in [1.54, 1.807) is 32.0 Å². The summed E-state index contributed by atoms with van der Waals surface area (Å²) in [7, 11) is 0. The Morgan fingerprint density at radius 2 is 1.67 bits per heavy atom. The number of carboxylic acids is 1. The Hall–Kier alpha value is -2.14. The maximum atomic E-state index is 12.1. The zero-order valence-corrected chi connectivity index (χ0v) is 13.1. The summed E-state index contributed by atoms with van der Waals surface area (Å²) in [6, 6.07) is 9.85. The molecule has 0 saturated carbocycles. The van der Waals surface area contributed by atoms with Crippen LogP contribution in [0.25, 0.3) is 0 Å². The van der Waals surface area contributed by atoms with E-state index in [1.165, 1.54) is 12.1 Å².